The van der Waals surface area contributed by atoms with Gasteiger partial charge in [-0.2, -0.15) is 0 Å². The molecule has 0 spiro atoms. The van der Waals surface area contributed by atoms with Gasteiger partial charge in [0, 0.05) is 11.6 Å². The van der Waals surface area contributed by atoms with Gasteiger partial charge in [0.15, 0.2) is 0 Å². The van der Waals surface area contributed by atoms with Gasteiger partial charge in [-0.15, -0.1) is 0 Å². The summed E-state index contributed by atoms with van der Waals surface area (Å²) in [5, 5.41) is 11.1. The van der Waals surface area contributed by atoms with Gasteiger partial charge in [0.2, 0.25) is 0 Å². The van der Waals surface area contributed by atoms with Crippen LogP contribution in [0.3, 0.4) is 0 Å². The third kappa shape index (κ3) is 2.37. The van der Waals surface area contributed by atoms with Gasteiger partial charge < -0.3 is 16.2 Å². The number of hydrogen-bond acceptors (Lipinski definition) is 2. The van der Waals surface area contributed by atoms with Gasteiger partial charge in [-0.1, -0.05) is 0 Å². The number of carboxylic acid groups (broad SMARTS) is 1. The molecule has 0 radical (unpaired) electrons. The first-order chi connectivity index (χ1) is 5.52. The standard InChI is InChI=1S/C8H16N2O2/c1-8(10-7(11)12)4-2-3-6(9)5-8/h6,10H,2-5,9H2,1H3,(H,11,12)/t6-,8+/m1/s1. The monoisotopic (exact) mass is 172 g/mol. The molecule has 12 heavy (non-hydrogen) atoms. The molecule has 1 aliphatic carbocycles. The Morgan fingerprint density at radius 2 is 2.42 bits per heavy atom. The van der Waals surface area contributed by atoms with Crippen LogP contribution >= 0.6 is 0 Å². The average Bonchev–Trinajstić information content (AvgIpc) is 1.82. The molecule has 0 heterocycles. The van der Waals surface area contributed by atoms with E-state index in [1.54, 1.807) is 0 Å². The topological polar surface area (TPSA) is 75.3 Å². The van der Waals surface area contributed by atoms with Gasteiger partial charge in [-0.25, -0.2) is 4.79 Å². The summed E-state index contributed by atoms with van der Waals surface area (Å²) < 4.78 is 0. The zero-order chi connectivity index (χ0) is 9.19. The van der Waals surface area contributed by atoms with Crippen LogP contribution in [0.1, 0.15) is 32.6 Å². The fourth-order valence-corrected chi connectivity index (χ4v) is 1.91. The molecule has 0 saturated heterocycles. The Kier molecular flexibility index (Phi) is 2.57. The van der Waals surface area contributed by atoms with E-state index in [0.717, 1.165) is 25.7 Å². The summed E-state index contributed by atoms with van der Waals surface area (Å²) in [5.41, 5.74) is 5.45. The summed E-state index contributed by atoms with van der Waals surface area (Å²) in [6.07, 6.45) is 2.72. The molecule has 1 fully saturated rings. The van der Waals surface area contributed by atoms with Crippen molar-refractivity contribution in [2.24, 2.45) is 5.73 Å². The van der Waals surface area contributed by atoms with Crippen molar-refractivity contribution < 1.29 is 9.90 Å². The molecule has 0 bridgehead atoms. The van der Waals surface area contributed by atoms with Crippen molar-refractivity contribution in [3.05, 3.63) is 0 Å². The Labute approximate surface area is 72.1 Å². The van der Waals surface area contributed by atoms with Gasteiger partial charge >= 0.3 is 6.09 Å². The average molecular weight is 172 g/mol. The highest BCUT2D eigenvalue weighted by Crippen LogP contribution is 2.26. The quantitative estimate of drug-likeness (QED) is 0.550. The fourth-order valence-electron chi connectivity index (χ4n) is 1.91. The second kappa shape index (κ2) is 3.31. The molecule has 0 aromatic heterocycles. The summed E-state index contributed by atoms with van der Waals surface area (Å²) in [6.45, 7) is 1.92. The zero-order valence-electron chi connectivity index (χ0n) is 7.34. The van der Waals surface area contributed by atoms with Crippen molar-refractivity contribution in [3.8, 4) is 0 Å². The molecule has 2 atom stereocenters. The predicted octanol–water partition coefficient (Wildman–Crippen LogP) is 0.914. The molecule has 1 amide bonds. The van der Waals surface area contributed by atoms with E-state index in [9.17, 15) is 4.79 Å². The second-order valence-corrected chi connectivity index (χ2v) is 3.85. The summed E-state index contributed by atoms with van der Waals surface area (Å²) in [6, 6.07) is 0.149. The Balaban J connectivity index is 2.51. The minimum absolute atomic E-state index is 0.149. The Bertz CT molecular complexity index is 184. The van der Waals surface area contributed by atoms with Crippen LogP contribution in [0.15, 0.2) is 0 Å². The highest BCUT2D eigenvalue weighted by Gasteiger charge is 2.31. The number of nitrogens with one attached hydrogen (secondary N) is 1. The molecule has 70 valence electrons. The molecule has 0 unspecified atom stereocenters. The van der Waals surface area contributed by atoms with E-state index < -0.39 is 6.09 Å². The largest absolute Gasteiger partial charge is 0.465 e. The van der Waals surface area contributed by atoms with E-state index in [1.807, 2.05) is 6.92 Å². The summed E-state index contributed by atoms with van der Waals surface area (Å²) in [4.78, 5) is 10.4. The van der Waals surface area contributed by atoms with Crippen LogP contribution in [-0.4, -0.2) is 22.8 Å². The predicted molar refractivity (Wildman–Crippen MR) is 46.0 cm³/mol. The number of carbonyl (C=O) groups is 1. The minimum Gasteiger partial charge on any atom is -0.465 e. The lowest BCUT2D eigenvalue weighted by molar-refractivity contribution is 0.164. The Morgan fingerprint density at radius 3 is 2.92 bits per heavy atom. The number of amides is 1. The van der Waals surface area contributed by atoms with E-state index in [0.29, 0.717) is 0 Å². The van der Waals surface area contributed by atoms with Crippen LogP contribution in [0.25, 0.3) is 0 Å². The summed E-state index contributed by atoms with van der Waals surface area (Å²) >= 11 is 0. The molecule has 4 nitrogen and oxygen atoms in total. The molecule has 1 aliphatic rings. The molecule has 1 rings (SSSR count). The van der Waals surface area contributed by atoms with E-state index in [-0.39, 0.29) is 11.6 Å². The lowest BCUT2D eigenvalue weighted by atomic mass is 9.81. The molecular formula is C8H16N2O2. The van der Waals surface area contributed by atoms with Crippen molar-refractivity contribution in [2.45, 2.75) is 44.2 Å². The minimum atomic E-state index is -0.952. The number of hydrogen-bond donors (Lipinski definition) is 3. The van der Waals surface area contributed by atoms with Crippen molar-refractivity contribution >= 4 is 6.09 Å². The van der Waals surface area contributed by atoms with Gasteiger partial charge in [-0.05, 0) is 32.6 Å². The van der Waals surface area contributed by atoms with E-state index >= 15 is 0 Å². The molecule has 4 heteroatoms. The lowest BCUT2D eigenvalue weighted by Gasteiger charge is -2.36. The number of nitrogens with two attached hydrogens (primary N) is 1. The Hall–Kier alpha value is -0.770. The normalized spacial score (nSPS) is 36.0. The van der Waals surface area contributed by atoms with Crippen LogP contribution in [0, 0.1) is 0 Å². The van der Waals surface area contributed by atoms with Crippen LogP contribution in [0.2, 0.25) is 0 Å². The van der Waals surface area contributed by atoms with Gasteiger partial charge in [0.05, 0.1) is 0 Å². The molecule has 1 saturated carbocycles. The van der Waals surface area contributed by atoms with Crippen LogP contribution in [0.4, 0.5) is 4.79 Å². The SMILES string of the molecule is C[C@]1(NC(=O)O)CCC[C@@H](N)C1. The van der Waals surface area contributed by atoms with Gasteiger partial charge in [0.1, 0.15) is 0 Å². The van der Waals surface area contributed by atoms with Crippen LogP contribution in [-0.2, 0) is 0 Å². The van der Waals surface area contributed by atoms with Crippen LogP contribution in [0.5, 0.6) is 0 Å². The highest BCUT2D eigenvalue weighted by atomic mass is 16.4. The molecular weight excluding hydrogens is 156 g/mol. The van der Waals surface area contributed by atoms with E-state index in [4.69, 9.17) is 10.8 Å². The van der Waals surface area contributed by atoms with E-state index in [2.05, 4.69) is 5.32 Å². The smallest absolute Gasteiger partial charge is 0.405 e. The third-order valence-electron chi connectivity index (χ3n) is 2.42. The van der Waals surface area contributed by atoms with Crippen molar-refractivity contribution in [1.82, 2.24) is 5.32 Å². The second-order valence-electron chi connectivity index (χ2n) is 3.85. The summed E-state index contributed by atoms with van der Waals surface area (Å²) in [7, 11) is 0. The highest BCUT2D eigenvalue weighted by molar-refractivity contribution is 5.65. The molecule has 4 N–H and O–H groups in total. The van der Waals surface area contributed by atoms with Crippen molar-refractivity contribution in [3.63, 3.8) is 0 Å². The first-order valence-electron chi connectivity index (χ1n) is 4.28. The lowest BCUT2D eigenvalue weighted by Crippen LogP contribution is -2.51. The van der Waals surface area contributed by atoms with E-state index in [1.165, 1.54) is 0 Å². The first-order valence-corrected chi connectivity index (χ1v) is 4.28. The summed E-state index contributed by atoms with van der Waals surface area (Å²) in [5.74, 6) is 0. The number of rotatable bonds is 1. The Morgan fingerprint density at radius 1 is 1.75 bits per heavy atom. The molecule has 0 aromatic carbocycles. The maximum Gasteiger partial charge on any atom is 0.405 e. The van der Waals surface area contributed by atoms with Crippen molar-refractivity contribution in [2.75, 3.05) is 0 Å². The zero-order valence-corrected chi connectivity index (χ0v) is 7.34. The van der Waals surface area contributed by atoms with Crippen LogP contribution < -0.4 is 11.1 Å². The molecule has 0 aliphatic heterocycles. The third-order valence-corrected chi connectivity index (χ3v) is 2.42. The first kappa shape index (κ1) is 9.32. The van der Waals surface area contributed by atoms with Crippen molar-refractivity contribution in [1.29, 1.82) is 0 Å². The van der Waals surface area contributed by atoms with Gasteiger partial charge in [-0.3, -0.25) is 0 Å². The maximum absolute atomic E-state index is 10.4. The maximum atomic E-state index is 10.4. The fraction of sp³-hybridized carbons (Fsp3) is 0.875. The van der Waals surface area contributed by atoms with Gasteiger partial charge in [0.25, 0.3) is 0 Å². The molecule has 0 aromatic rings.